The number of esters is 1. The summed E-state index contributed by atoms with van der Waals surface area (Å²) in [6.45, 7) is 2.71. The van der Waals surface area contributed by atoms with E-state index in [1.807, 2.05) is 6.07 Å². The molecule has 0 aliphatic heterocycles. The summed E-state index contributed by atoms with van der Waals surface area (Å²) in [4.78, 5) is 16.3. The normalized spacial score (nSPS) is 16.2. The van der Waals surface area contributed by atoms with Crippen molar-refractivity contribution in [2.75, 3.05) is 13.2 Å². The van der Waals surface area contributed by atoms with Crippen LogP contribution >= 0.6 is 0 Å². The van der Waals surface area contributed by atoms with Crippen LogP contribution in [-0.4, -0.2) is 29.2 Å². The molecule has 1 heterocycles. The predicted molar refractivity (Wildman–Crippen MR) is 95.6 cm³/mol. The topological polar surface area (TPSA) is 71.5 Å². The van der Waals surface area contributed by atoms with Gasteiger partial charge in [-0.25, -0.2) is 14.2 Å². The minimum Gasteiger partial charge on any atom is -0.508 e. The van der Waals surface area contributed by atoms with E-state index in [0.717, 1.165) is 30.5 Å². The van der Waals surface area contributed by atoms with Crippen molar-refractivity contribution in [3.05, 3.63) is 58.7 Å². The summed E-state index contributed by atoms with van der Waals surface area (Å²) in [6.07, 6.45) is 3.33. The summed E-state index contributed by atoms with van der Waals surface area (Å²) >= 11 is 0. The number of aromatic hydroxyl groups is 1. The number of halogens is 1. The minimum absolute atomic E-state index is 0.109. The Labute approximate surface area is 152 Å². The fourth-order valence-corrected chi connectivity index (χ4v) is 3.32. The molecule has 0 fully saturated rings. The summed E-state index contributed by atoms with van der Waals surface area (Å²) in [7, 11) is 0. The fraction of sp³-hybridized carbons (Fsp3) is 0.400. The first-order valence-electron chi connectivity index (χ1n) is 8.96. The van der Waals surface area contributed by atoms with Gasteiger partial charge >= 0.3 is 5.97 Å². The average molecular weight is 358 g/mol. The Morgan fingerprint density at radius 2 is 2.23 bits per heavy atom. The van der Waals surface area contributed by atoms with E-state index >= 15 is 0 Å². The van der Waals surface area contributed by atoms with Crippen LogP contribution in [0.25, 0.3) is 0 Å². The summed E-state index contributed by atoms with van der Waals surface area (Å²) < 4.78 is 18.3. The molecule has 3 rings (SSSR count). The lowest BCUT2D eigenvalue weighted by molar-refractivity contribution is 0.0519. The summed E-state index contributed by atoms with van der Waals surface area (Å²) in [5.41, 5.74) is 2.95. The molecule has 0 amide bonds. The molecule has 1 aromatic heterocycles. The number of phenolic OH excluding ortho intramolecular Hbond substituents is 1. The smallest absolute Gasteiger partial charge is 0.356 e. The third-order valence-corrected chi connectivity index (χ3v) is 4.60. The van der Waals surface area contributed by atoms with Crippen LogP contribution in [0.3, 0.4) is 0 Å². The van der Waals surface area contributed by atoms with Gasteiger partial charge in [-0.3, -0.25) is 0 Å². The molecule has 0 spiro atoms. The molecule has 0 saturated carbocycles. The van der Waals surface area contributed by atoms with Crippen LogP contribution in [0.2, 0.25) is 0 Å². The van der Waals surface area contributed by atoms with Crippen LogP contribution in [-0.2, 0) is 17.6 Å². The molecule has 138 valence electrons. The lowest BCUT2D eigenvalue weighted by Gasteiger charge is -2.26. The number of rotatable bonds is 6. The van der Waals surface area contributed by atoms with Gasteiger partial charge in [-0.1, -0.05) is 6.07 Å². The molecule has 1 aromatic carbocycles. The number of benzene rings is 1. The zero-order chi connectivity index (χ0) is 18.5. The van der Waals surface area contributed by atoms with Crippen LogP contribution in [0.5, 0.6) is 5.75 Å². The highest BCUT2D eigenvalue weighted by Crippen LogP contribution is 2.29. The molecule has 0 saturated heterocycles. The molecule has 6 heteroatoms. The Bertz CT molecular complexity index is 795. The molecule has 5 nitrogen and oxygen atoms in total. The molecule has 2 aromatic rings. The maximum Gasteiger partial charge on any atom is 0.356 e. The largest absolute Gasteiger partial charge is 0.508 e. The van der Waals surface area contributed by atoms with Crippen LogP contribution in [0.4, 0.5) is 4.39 Å². The Morgan fingerprint density at radius 3 is 3.04 bits per heavy atom. The lowest BCUT2D eigenvalue weighted by atomic mass is 9.91. The number of aromatic nitrogens is 1. The fourth-order valence-electron chi connectivity index (χ4n) is 3.32. The number of aryl methyl sites for hydroxylation is 1. The van der Waals surface area contributed by atoms with Crippen molar-refractivity contribution in [1.29, 1.82) is 0 Å². The highest BCUT2D eigenvalue weighted by atomic mass is 19.1. The Morgan fingerprint density at radius 1 is 1.38 bits per heavy atom. The van der Waals surface area contributed by atoms with E-state index in [-0.39, 0.29) is 17.6 Å². The van der Waals surface area contributed by atoms with Crippen LogP contribution in [0.15, 0.2) is 30.3 Å². The van der Waals surface area contributed by atoms with Crippen LogP contribution in [0.1, 0.15) is 53.1 Å². The molecule has 26 heavy (non-hydrogen) atoms. The number of nitrogens with one attached hydrogen (secondary N) is 1. The highest BCUT2D eigenvalue weighted by molar-refractivity contribution is 5.87. The third-order valence-electron chi connectivity index (χ3n) is 4.60. The summed E-state index contributed by atoms with van der Waals surface area (Å²) in [6, 6.07) is 7.76. The van der Waals surface area contributed by atoms with Crippen LogP contribution in [0, 0.1) is 5.82 Å². The Hall–Kier alpha value is -2.47. The first-order valence-corrected chi connectivity index (χ1v) is 8.96. The maximum absolute atomic E-state index is 13.3. The van der Waals surface area contributed by atoms with Crippen molar-refractivity contribution in [3.8, 4) is 5.75 Å². The van der Waals surface area contributed by atoms with Crippen molar-refractivity contribution in [2.24, 2.45) is 0 Å². The van der Waals surface area contributed by atoms with Gasteiger partial charge in [0, 0.05) is 11.7 Å². The number of phenols is 1. The van der Waals surface area contributed by atoms with E-state index in [0.29, 0.717) is 30.8 Å². The van der Waals surface area contributed by atoms with E-state index in [2.05, 4.69) is 10.3 Å². The summed E-state index contributed by atoms with van der Waals surface area (Å²) in [5, 5.41) is 13.3. The van der Waals surface area contributed by atoms with E-state index in [9.17, 15) is 14.3 Å². The van der Waals surface area contributed by atoms with Gasteiger partial charge in [0.15, 0.2) is 0 Å². The standard InChI is InChI=1S/C20H23FN2O3/c1-2-26-20(25)18-8-7-15-16(4-3-5-17(15)23-18)22-11-10-13-12-14(21)6-9-19(13)24/h6-9,12,16,22,24H,2-5,10-11H2,1H3. The molecule has 0 radical (unpaired) electrons. The zero-order valence-corrected chi connectivity index (χ0v) is 14.8. The lowest BCUT2D eigenvalue weighted by Crippen LogP contribution is -2.28. The third kappa shape index (κ3) is 4.19. The number of hydrogen-bond acceptors (Lipinski definition) is 5. The van der Waals surface area contributed by atoms with Gasteiger partial charge in [-0.05, 0) is 74.5 Å². The van der Waals surface area contributed by atoms with Gasteiger partial charge in [0.2, 0.25) is 0 Å². The average Bonchev–Trinajstić information content (AvgIpc) is 2.64. The molecular formula is C20H23FN2O3. The first-order chi connectivity index (χ1) is 12.6. The van der Waals surface area contributed by atoms with Crippen LogP contribution < -0.4 is 5.32 Å². The van der Waals surface area contributed by atoms with Gasteiger partial charge in [-0.2, -0.15) is 0 Å². The Kier molecular flexibility index (Phi) is 5.83. The van der Waals surface area contributed by atoms with Crippen molar-refractivity contribution >= 4 is 5.97 Å². The predicted octanol–water partition coefficient (Wildman–Crippen LogP) is 3.31. The van der Waals surface area contributed by atoms with Crippen molar-refractivity contribution < 1.29 is 19.0 Å². The number of ether oxygens (including phenoxy) is 1. The zero-order valence-electron chi connectivity index (χ0n) is 14.8. The van der Waals surface area contributed by atoms with E-state index in [1.54, 1.807) is 13.0 Å². The molecule has 1 aliphatic rings. The van der Waals surface area contributed by atoms with Gasteiger partial charge in [0.25, 0.3) is 0 Å². The quantitative estimate of drug-likeness (QED) is 0.775. The molecule has 1 unspecified atom stereocenters. The van der Waals surface area contributed by atoms with E-state index < -0.39 is 5.97 Å². The Balaban J connectivity index is 1.66. The molecule has 1 aliphatic carbocycles. The number of nitrogens with zero attached hydrogens (tertiary/aromatic N) is 1. The summed E-state index contributed by atoms with van der Waals surface area (Å²) in [5.74, 6) is -0.638. The number of carbonyl (C=O) groups is 1. The molecular weight excluding hydrogens is 335 g/mol. The van der Waals surface area contributed by atoms with Crippen molar-refractivity contribution in [3.63, 3.8) is 0 Å². The molecule has 1 atom stereocenters. The van der Waals surface area contributed by atoms with Crippen molar-refractivity contribution in [2.45, 2.75) is 38.6 Å². The maximum atomic E-state index is 13.3. The number of fused-ring (bicyclic) bond motifs is 1. The molecule has 2 N–H and O–H groups in total. The van der Waals surface area contributed by atoms with E-state index in [4.69, 9.17) is 4.74 Å². The second-order valence-corrected chi connectivity index (χ2v) is 6.37. The monoisotopic (exact) mass is 358 g/mol. The highest BCUT2D eigenvalue weighted by Gasteiger charge is 2.22. The van der Waals surface area contributed by atoms with E-state index in [1.165, 1.54) is 18.2 Å². The number of carbonyl (C=O) groups excluding carboxylic acids is 1. The van der Waals surface area contributed by atoms with Gasteiger partial charge in [0.1, 0.15) is 17.3 Å². The second kappa shape index (κ2) is 8.27. The first kappa shape index (κ1) is 18.3. The van der Waals surface area contributed by atoms with Gasteiger partial charge in [0.05, 0.1) is 6.61 Å². The van der Waals surface area contributed by atoms with Gasteiger partial charge in [-0.15, -0.1) is 0 Å². The number of pyridine rings is 1. The minimum atomic E-state index is -0.396. The SMILES string of the molecule is CCOC(=O)c1ccc2c(n1)CCCC2NCCc1cc(F)ccc1O. The molecule has 0 bridgehead atoms. The van der Waals surface area contributed by atoms with Gasteiger partial charge < -0.3 is 15.2 Å². The van der Waals surface area contributed by atoms with Crippen molar-refractivity contribution in [1.82, 2.24) is 10.3 Å². The second-order valence-electron chi connectivity index (χ2n) is 6.37. The number of hydrogen-bond donors (Lipinski definition) is 2.